The molecule has 7 heteroatoms. The molecule has 0 saturated carbocycles. The molecule has 0 atom stereocenters. The Morgan fingerprint density at radius 1 is 1.38 bits per heavy atom. The number of nitrogens with zero attached hydrogens (tertiary/aromatic N) is 3. The van der Waals surface area contributed by atoms with E-state index in [1.807, 2.05) is 48.6 Å². The van der Waals surface area contributed by atoms with Crippen LogP contribution in [0.5, 0.6) is 0 Å². The second-order valence-corrected chi connectivity index (χ2v) is 6.79. The first-order valence-electron chi connectivity index (χ1n) is 7.95. The van der Waals surface area contributed by atoms with Crippen molar-refractivity contribution in [2.45, 2.75) is 6.54 Å². The maximum absolute atomic E-state index is 12.4. The number of hydrogen-bond acceptors (Lipinski definition) is 6. The average molecular weight is 346 g/mol. The Bertz CT molecular complexity index is 695. The lowest BCUT2D eigenvalue weighted by Gasteiger charge is -2.25. The van der Waals surface area contributed by atoms with Crippen LogP contribution < -0.4 is 10.2 Å². The first kappa shape index (κ1) is 16.9. The summed E-state index contributed by atoms with van der Waals surface area (Å²) in [5, 5.41) is 5.53. The summed E-state index contributed by atoms with van der Waals surface area (Å²) in [6, 6.07) is 7.54. The van der Waals surface area contributed by atoms with Crippen LogP contribution in [0.4, 0.5) is 10.8 Å². The highest BCUT2D eigenvalue weighted by atomic mass is 32.1. The number of rotatable bonds is 5. The Morgan fingerprint density at radius 2 is 2.17 bits per heavy atom. The molecule has 2 heterocycles. The number of amides is 1. The van der Waals surface area contributed by atoms with Crippen molar-refractivity contribution in [3.8, 4) is 0 Å². The van der Waals surface area contributed by atoms with Gasteiger partial charge in [0.05, 0.1) is 18.9 Å². The van der Waals surface area contributed by atoms with Gasteiger partial charge in [-0.25, -0.2) is 4.98 Å². The van der Waals surface area contributed by atoms with Crippen molar-refractivity contribution in [3.05, 3.63) is 40.9 Å². The molecule has 24 heavy (non-hydrogen) atoms. The topological polar surface area (TPSA) is 57.7 Å². The lowest BCUT2D eigenvalue weighted by Crippen LogP contribution is -2.35. The standard InChI is InChI=1S/C17H22N4O2S/c1-20(2)15-5-3-4-13(10-15)16(22)19-17-18-14(12-24-17)11-21-6-8-23-9-7-21/h3-5,10,12H,6-9,11H2,1-2H3,(H,18,19,22). The van der Waals surface area contributed by atoms with Gasteiger partial charge in [-0.05, 0) is 18.2 Å². The number of morpholine rings is 1. The summed E-state index contributed by atoms with van der Waals surface area (Å²) in [6.45, 7) is 4.20. The largest absolute Gasteiger partial charge is 0.379 e. The summed E-state index contributed by atoms with van der Waals surface area (Å²) in [6.07, 6.45) is 0. The van der Waals surface area contributed by atoms with Crippen molar-refractivity contribution in [2.24, 2.45) is 0 Å². The molecular weight excluding hydrogens is 324 g/mol. The SMILES string of the molecule is CN(C)c1cccc(C(=O)Nc2nc(CN3CCOCC3)cs2)c1. The molecule has 128 valence electrons. The van der Waals surface area contributed by atoms with Gasteiger partial charge in [-0.2, -0.15) is 0 Å². The molecule has 2 aromatic rings. The molecule has 1 amide bonds. The van der Waals surface area contributed by atoms with E-state index in [0.29, 0.717) is 10.7 Å². The monoisotopic (exact) mass is 346 g/mol. The first-order chi connectivity index (χ1) is 11.6. The fraction of sp³-hybridized carbons (Fsp3) is 0.412. The van der Waals surface area contributed by atoms with Gasteiger partial charge in [-0.1, -0.05) is 6.07 Å². The zero-order valence-corrected chi connectivity index (χ0v) is 14.8. The highest BCUT2D eigenvalue weighted by Gasteiger charge is 2.14. The number of carbonyl (C=O) groups excluding carboxylic acids is 1. The van der Waals surface area contributed by atoms with Gasteiger partial charge in [-0.15, -0.1) is 11.3 Å². The van der Waals surface area contributed by atoms with Crippen LogP contribution in [0, 0.1) is 0 Å². The van der Waals surface area contributed by atoms with E-state index in [-0.39, 0.29) is 5.91 Å². The third kappa shape index (κ3) is 4.31. The van der Waals surface area contributed by atoms with Gasteiger partial charge >= 0.3 is 0 Å². The zero-order chi connectivity index (χ0) is 16.9. The minimum Gasteiger partial charge on any atom is -0.379 e. The number of anilines is 2. The molecule has 1 N–H and O–H groups in total. The number of benzene rings is 1. The van der Waals surface area contributed by atoms with E-state index >= 15 is 0 Å². The van der Waals surface area contributed by atoms with E-state index in [9.17, 15) is 4.79 Å². The third-order valence-electron chi connectivity index (χ3n) is 3.89. The number of carbonyl (C=O) groups is 1. The van der Waals surface area contributed by atoms with Crippen LogP contribution in [0.2, 0.25) is 0 Å². The Balaban J connectivity index is 1.61. The van der Waals surface area contributed by atoms with Gasteiger partial charge in [0.25, 0.3) is 5.91 Å². The van der Waals surface area contributed by atoms with Crippen LogP contribution in [-0.4, -0.2) is 56.2 Å². The van der Waals surface area contributed by atoms with Crippen molar-refractivity contribution in [1.29, 1.82) is 0 Å². The number of hydrogen-bond donors (Lipinski definition) is 1. The maximum atomic E-state index is 12.4. The summed E-state index contributed by atoms with van der Waals surface area (Å²) in [5.74, 6) is -0.133. The molecule has 0 radical (unpaired) electrons. The minimum atomic E-state index is -0.133. The molecule has 0 bridgehead atoms. The summed E-state index contributed by atoms with van der Waals surface area (Å²) in [4.78, 5) is 21.2. The van der Waals surface area contributed by atoms with Gasteiger partial charge in [-0.3, -0.25) is 15.0 Å². The van der Waals surface area contributed by atoms with Gasteiger partial charge in [0.1, 0.15) is 0 Å². The van der Waals surface area contributed by atoms with Crippen LogP contribution in [0.25, 0.3) is 0 Å². The van der Waals surface area contributed by atoms with Crippen molar-refractivity contribution < 1.29 is 9.53 Å². The molecule has 1 aromatic heterocycles. The fourth-order valence-corrected chi connectivity index (χ4v) is 3.22. The van der Waals surface area contributed by atoms with E-state index in [0.717, 1.165) is 44.2 Å². The summed E-state index contributed by atoms with van der Waals surface area (Å²) >= 11 is 1.46. The first-order valence-corrected chi connectivity index (χ1v) is 8.83. The molecule has 1 aliphatic heterocycles. The van der Waals surface area contributed by atoms with Crippen molar-refractivity contribution >= 4 is 28.1 Å². The van der Waals surface area contributed by atoms with Crippen LogP contribution in [0.1, 0.15) is 16.1 Å². The number of ether oxygens (including phenoxy) is 1. The smallest absolute Gasteiger partial charge is 0.257 e. The van der Waals surface area contributed by atoms with E-state index in [1.165, 1.54) is 11.3 Å². The van der Waals surface area contributed by atoms with Crippen LogP contribution in [-0.2, 0) is 11.3 Å². The minimum absolute atomic E-state index is 0.133. The van der Waals surface area contributed by atoms with Crippen LogP contribution >= 0.6 is 11.3 Å². The van der Waals surface area contributed by atoms with Crippen LogP contribution in [0.15, 0.2) is 29.6 Å². The highest BCUT2D eigenvalue weighted by Crippen LogP contribution is 2.19. The predicted octanol–water partition coefficient (Wildman–Crippen LogP) is 2.29. The molecule has 3 rings (SSSR count). The normalized spacial score (nSPS) is 15.2. The summed E-state index contributed by atoms with van der Waals surface area (Å²) in [5.41, 5.74) is 2.61. The highest BCUT2D eigenvalue weighted by molar-refractivity contribution is 7.13. The average Bonchev–Trinajstić information content (AvgIpc) is 3.02. The molecule has 0 unspecified atom stereocenters. The fourth-order valence-electron chi connectivity index (χ4n) is 2.52. The van der Waals surface area contributed by atoms with Gasteiger partial charge < -0.3 is 9.64 Å². The quantitative estimate of drug-likeness (QED) is 0.900. The zero-order valence-electron chi connectivity index (χ0n) is 14.0. The van der Waals surface area contributed by atoms with Crippen molar-refractivity contribution in [2.75, 3.05) is 50.6 Å². The Hall–Kier alpha value is -1.96. The molecule has 0 aliphatic carbocycles. The van der Waals surface area contributed by atoms with Crippen molar-refractivity contribution in [1.82, 2.24) is 9.88 Å². The molecule has 0 spiro atoms. The second kappa shape index (κ2) is 7.74. The van der Waals surface area contributed by atoms with E-state index in [4.69, 9.17) is 4.74 Å². The maximum Gasteiger partial charge on any atom is 0.257 e. The molecule has 1 saturated heterocycles. The van der Waals surface area contributed by atoms with Crippen LogP contribution in [0.3, 0.4) is 0 Å². The second-order valence-electron chi connectivity index (χ2n) is 5.93. The van der Waals surface area contributed by atoms with Gasteiger partial charge in [0.15, 0.2) is 5.13 Å². The Kier molecular flexibility index (Phi) is 5.44. The summed E-state index contributed by atoms with van der Waals surface area (Å²) < 4.78 is 5.35. The number of nitrogens with one attached hydrogen (secondary N) is 1. The van der Waals surface area contributed by atoms with E-state index in [1.54, 1.807) is 0 Å². The molecule has 1 aliphatic rings. The van der Waals surface area contributed by atoms with Gasteiger partial charge in [0.2, 0.25) is 0 Å². The van der Waals surface area contributed by atoms with Gasteiger partial charge in [0, 0.05) is 50.4 Å². The summed E-state index contributed by atoms with van der Waals surface area (Å²) in [7, 11) is 3.91. The molecule has 1 fully saturated rings. The molecule has 6 nitrogen and oxygen atoms in total. The molecular formula is C17H22N4O2S. The molecule has 1 aromatic carbocycles. The third-order valence-corrected chi connectivity index (χ3v) is 4.69. The predicted molar refractivity (Wildman–Crippen MR) is 96.9 cm³/mol. The lowest BCUT2D eigenvalue weighted by atomic mass is 10.2. The Labute approximate surface area is 146 Å². The van der Waals surface area contributed by atoms with Crippen molar-refractivity contribution in [3.63, 3.8) is 0 Å². The Morgan fingerprint density at radius 3 is 2.92 bits per heavy atom. The number of thiazole rings is 1. The van der Waals surface area contributed by atoms with E-state index < -0.39 is 0 Å². The lowest BCUT2D eigenvalue weighted by molar-refractivity contribution is 0.0337. The van der Waals surface area contributed by atoms with E-state index in [2.05, 4.69) is 15.2 Å². The number of aromatic nitrogens is 1.